The second kappa shape index (κ2) is 6.92. The molecule has 0 fully saturated rings. The third kappa shape index (κ3) is 5.54. The number of rotatable bonds is 6. The average Bonchev–Trinajstić information content (AvgIpc) is 2.71. The third-order valence-corrected chi connectivity index (χ3v) is 2.30. The lowest BCUT2D eigenvalue weighted by Gasteiger charge is -2.14. The topological polar surface area (TPSA) is 81.4 Å². The van der Waals surface area contributed by atoms with Crippen LogP contribution in [0.25, 0.3) is 0 Å². The van der Waals surface area contributed by atoms with E-state index in [0.29, 0.717) is 18.1 Å². The van der Waals surface area contributed by atoms with Gasteiger partial charge in [-0.1, -0.05) is 19.0 Å². The summed E-state index contributed by atoms with van der Waals surface area (Å²) < 4.78 is 9.96. The first kappa shape index (κ1) is 15.2. The normalized spacial score (nSPS) is 12.3. The van der Waals surface area contributed by atoms with Crippen LogP contribution in [-0.4, -0.2) is 29.7 Å². The lowest BCUT2D eigenvalue weighted by Crippen LogP contribution is -2.40. The van der Waals surface area contributed by atoms with E-state index in [1.807, 2.05) is 13.8 Å². The van der Waals surface area contributed by atoms with E-state index in [-0.39, 0.29) is 18.2 Å². The van der Waals surface area contributed by atoms with Gasteiger partial charge in [-0.3, -0.25) is 4.79 Å². The van der Waals surface area contributed by atoms with E-state index in [1.165, 1.54) is 0 Å². The Kier molecular flexibility index (Phi) is 5.54. The van der Waals surface area contributed by atoms with Crippen molar-refractivity contribution in [3.63, 3.8) is 0 Å². The van der Waals surface area contributed by atoms with E-state index >= 15 is 0 Å². The van der Waals surface area contributed by atoms with Gasteiger partial charge in [0.15, 0.2) is 0 Å². The molecule has 6 heteroatoms. The number of hydrogen-bond acceptors (Lipinski definition) is 5. The fourth-order valence-corrected chi connectivity index (χ4v) is 1.38. The van der Waals surface area contributed by atoms with Crippen molar-refractivity contribution in [2.75, 3.05) is 6.61 Å². The maximum atomic E-state index is 11.7. The first-order valence-corrected chi connectivity index (χ1v) is 6.26. The fraction of sp³-hybridized carbons (Fsp3) is 0.615. The Balaban J connectivity index is 2.37. The van der Waals surface area contributed by atoms with E-state index in [0.717, 1.165) is 0 Å². The monoisotopic (exact) mass is 268 g/mol. The molecule has 0 aliphatic heterocycles. The number of aryl methyl sites for hydroxylation is 1. The molecule has 1 N–H and O–H groups in total. The smallest absolute Gasteiger partial charge is 0.328 e. The molecule has 1 amide bonds. The number of nitrogens with one attached hydrogen (secondary N) is 1. The zero-order valence-corrected chi connectivity index (χ0v) is 11.7. The van der Waals surface area contributed by atoms with Crippen LogP contribution in [0.1, 0.15) is 32.2 Å². The molecule has 1 aromatic rings. The molecule has 19 heavy (non-hydrogen) atoms. The Morgan fingerprint density at radius 3 is 2.63 bits per heavy atom. The lowest BCUT2D eigenvalue weighted by molar-refractivity contribution is -0.148. The Labute approximate surface area is 112 Å². The second-order valence-corrected chi connectivity index (χ2v) is 4.92. The molecular formula is C13H20N2O4. The molecule has 1 heterocycles. The zero-order valence-electron chi connectivity index (χ0n) is 11.7. The number of amides is 1. The van der Waals surface area contributed by atoms with E-state index in [9.17, 15) is 9.59 Å². The van der Waals surface area contributed by atoms with Crippen LogP contribution in [0.2, 0.25) is 0 Å². The SMILES string of the molecule is Cc1cc(CC(=O)N[C@@H](C)C(=O)OCC(C)C)on1. The highest BCUT2D eigenvalue weighted by Gasteiger charge is 2.18. The molecule has 0 unspecified atom stereocenters. The van der Waals surface area contributed by atoms with Gasteiger partial charge in [0.05, 0.1) is 18.7 Å². The van der Waals surface area contributed by atoms with Crippen LogP contribution in [0, 0.1) is 12.8 Å². The molecule has 1 aromatic heterocycles. The molecule has 0 spiro atoms. The number of carbonyl (C=O) groups excluding carboxylic acids is 2. The van der Waals surface area contributed by atoms with Gasteiger partial charge in [0.2, 0.25) is 5.91 Å². The van der Waals surface area contributed by atoms with Gasteiger partial charge >= 0.3 is 5.97 Å². The number of aromatic nitrogens is 1. The summed E-state index contributed by atoms with van der Waals surface area (Å²) in [6.07, 6.45) is 0.0582. The summed E-state index contributed by atoms with van der Waals surface area (Å²) >= 11 is 0. The van der Waals surface area contributed by atoms with Gasteiger partial charge in [-0.25, -0.2) is 4.79 Å². The summed E-state index contributed by atoms with van der Waals surface area (Å²) in [4.78, 5) is 23.2. The summed E-state index contributed by atoms with van der Waals surface area (Å²) in [5, 5.41) is 6.25. The number of hydrogen-bond donors (Lipinski definition) is 1. The van der Waals surface area contributed by atoms with E-state index in [4.69, 9.17) is 9.26 Å². The Morgan fingerprint density at radius 2 is 2.11 bits per heavy atom. The molecule has 106 valence electrons. The van der Waals surface area contributed by atoms with Crippen molar-refractivity contribution in [3.8, 4) is 0 Å². The first-order valence-electron chi connectivity index (χ1n) is 6.26. The van der Waals surface area contributed by atoms with Crippen LogP contribution in [0.15, 0.2) is 10.6 Å². The number of ether oxygens (including phenoxy) is 1. The van der Waals surface area contributed by atoms with Gasteiger partial charge in [-0.15, -0.1) is 0 Å². The van der Waals surface area contributed by atoms with E-state index < -0.39 is 12.0 Å². The van der Waals surface area contributed by atoms with Gasteiger partial charge in [-0.05, 0) is 19.8 Å². The van der Waals surface area contributed by atoms with Crippen LogP contribution in [0.4, 0.5) is 0 Å². The second-order valence-electron chi connectivity index (χ2n) is 4.92. The van der Waals surface area contributed by atoms with Crippen molar-refractivity contribution >= 4 is 11.9 Å². The largest absolute Gasteiger partial charge is 0.464 e. The first-order chi connectivity index (χ1) is 8.88. The molecule has 0 radical (unpaired) electrons. The van der Waals surface area contributed by atoms with Crippen LogP contribution in [0.3, 0.4) is 0 Å². The molecule has 0 saturated heterocycles. The minimum atomic E-state index is -0.671. The molecule has 0 aromatic carbocycles. The summed E-state index contributed by atoms with van der Waals surface area (Å²) in [6, 6.07) is 1.01. The number of carbonyl (C=O) groups is 2. The molecule has 0 aliphatic rings. The predicted octanol–water partition coefficient (Wildman–Crippen LogP) is 1.23. The summed E-state index contributed by atoms with van der Waals surface area (Å²) in [5.74, 6) is 0.00251. The predicted molar refractivity (Wildman–Crippen MR) is 68.3 cm³/mol. The van der Waals surface area contributed by atoms with E-state index in [2.05, 4.69) is 10.5 Å². The van der Waals surface area contributed by atoms with Crippen LogP contribution in [-0.2, 0) is 20.7 Å². The Bertz CT molecular complexity index is 440. The quantitative estimate of drug-likeness (QED) is 0.785. The molecular weight excluding hydrogens is 248 g/mol. The lowest BCUT2D eigenvalue weighted by atomic mass is 10.2. The van der Waals surface area contributed by atoms with Crippen molar-refractivity contribution in [3.05, 3.63) is 17.5 Å². The van der Waals surface area contributed by atoms with Gasteiger partial charge in [-0.2, -0.15) is 0 Å². The Hall–Kier alpha value is -1.85. The zero-order chi connectivity index (χ0) is 14.4. The summed E-state index contributed by atoms with van der Waals surface area (Å²) in [5.41, 5.74) is 0.715. The van der Waals surface area contributed by atoms with Gasteiger partial charge in [0, 0.05) is 6.07 Å². The molecule has 1 rings (SSSR count). The van der Waals surface area contributed by atoms with Crippen molar-refractivity contribution < 1.29 is 18.8 Å². The fourth-order valence-electron chi connectivity index (χ4n) is 1.38. The number of esters is 1. The van der Waals surface area contributed by atoms with Crippen molar-refractivity contribution in [2.24, 2.45) is 5.92 Å². The number of nitrogens with zero attached hydrogens (tertiary/aromatic N) is 1. The summed E-state index contributed by atoms with van der Waals surface area (Å²) in [7, 11) is 0. The minimum absolute atomic E-state index is 0.0582. The van der Waals surface area contributed by atoms with Gasteiger partial charge in [0.25, 0.3) is 0 Å². The van der Waals surface area contributed by atoms with Crippen LogP contribution < -0.4 is 5.32 Å². The highest BCUT2D eigenvalue weighted by atomic mass is 16.5. The van der Waals surface area contributed by atoms with Crippen LogP contribution in [0.5, 0.6) is 0 Å². The van der Waals surface area contributed by atoms with Crippen LogP contribution >= 0.6 is 0 Å². The summed E-state index contributed by atoms with van der Waals surface area (Å²) in [6.45, 7) is 7.61. The van der Waals surface area contributed by atoms with E-state index in [1.54, 1.807) is 19.9 Å². The van der Waals surface area contributed by atoms with Crippen molar-refractivity contribution in [1.29, 1.82) is 0 Å². The maximum Gasteiger partial charge on any atom is 0.328 e. The molecule has 1 atom stereocenters. The van der Waals surface area contributed by atoms with Crippen molar-refractivity contribution in [2.45, 2.75) is 40.2 Å². The highest BCUT2D eigenvalue weighted by molar-refractivity contribution is 5.85. The third-order valence-electron chi connectivity index (χ3n) is 2.30. The van der Waals surface area contributed by atoms with Crippen molar-refractivity contribution in [1.82, 2.24) is 10.5 Å². The Morgan fingerprint density at radius 1 is 1.42 bits per heavy atom. The molecule has 6 nitrogen and oxygen atoms in total. The molecule has 0 bridgehead atoms. The average molecular weight is 268 g/mol. The minimum Gasteiger partial charge on any atom is -0.464 e. The highest BCUT2D eigenvalue weighted by Crippen LogP contribution is 2.03. The maximum absolute atomic E-state index is 11.7. The van der Waals surface area contributed by atoms with Gasteiger partial charge < -0.3 is 14.6 Å². The standard InChI is InChI=1S/C13H20N2O4/c1-8(2)7-18-13(17)10(4)14-12(16)6-11-5-9(3)15-19-11/h5,8,10H,6-7H2,1-4H3,(H,14,16)/t10-/m0/s1. The molecule has 0 aliphatic carbocycles. The van der Waals surface area contributed by atoms with Gasteiger partial charge in [0.1, 0.15) is 11.8 Å². The molecule has 0 saturated carbocycles.